The number of amides is 1. The number of furan rings is 1. The Kier molecular flexibility index (Phi) is 4.47. The van der Waals surface area contributed by atoms with Crippen LogP contribution in [0.3, 0.4) is 0 Å². The van der Waals surface area contributed by atoms with Gasteiger partial charge in [0.15, 0.2) is 5.76 Å². The molecule has 0 fully saturated rings. The molecule has 1 heterocycles. The van der Waals surface area contributed by atoms with Gasteiger partial charge in [0, 0.05) is 17.4 Å². The summed E-state index contributed by atoms with van der Waals surface area (Å²) in [5.41, 5.74) is 1.55. The molecule has 0 aliphatic rings. The third-order valence-corrected chi connectivity index (χ3v) is 3.70. The zero-order chi connectivity index (χ0) is 17.1. The molecule has 0 unspecified atom stereocenters. The van der Waals surface area contributed by atoms with Crippen LogP contribution in [-0.4, -0.2) is 11.7 Å². The maximum absolute atomic E-state index is 12.8. The summed E-state index contributed by atoms with van der Waals surface area (Å²) in [5.74, 6) is 0.0289. The van der Waals surface area contributed by atoms with E-state index in [1.54, 1.807) is 30.3 Å². The van der Waals surface area contributed by atoms with E-state index in [1.807, 2.05) is 38.1 Å². The molecule has 122 valence electrons. The van der Waals surface area contributed by atoms with Crippen LogP contribution in [0.1, 0.15) is 36.4 Å². The van der Waals surface area contributed by atoms with E-state index in [4.69, 9.17) is 4.42 Å². The first-order valence-corrected chi connectivity index (χ1v) is 7.97. The molecule has 1 N–H and O–H groups in total. The molecule has 3 rings (SSSR count). The summed E-state index contributed by atoms with van der Waals surface area (Å²) >= 11 is 0. The summed E-state index contributed by atoms with van der Waals surface area (Å²) in [6.45, 7) is 3.95. The van der Waals surface area contributed by atoms with E-state index < -0.39 is 0 Å². The molecule has 3 aromatic rings. The minimum atomic E-state index is -0.244. The van der Waals surface area contributed by atoms with Gasteiger partial charge in [0.1, 0.15) is 5.58 Å². The molecule has 24 heavy (non-hydrogen) atoms. The predicted molar refractivity (Wildman–Crippen MR) is 94.2 cm³/mol. The van der Waals surface area contributed by atoms with Gasteiger partial charge in [0.05, 0.1) is 5.69 Å². The molecular formula is C20H19NO3. The molecule has 0 bridgehead atoms. The number of ketones is 1. The fourth-order valence-corrected chi connectivity index (χ4v) is 2.61. The standard InChI is InChI=1S/C20H19NO3/c1-13(2)12-17(22)21-18-15-10-6-7-11-16(15)24-20(18)19(23)14-8-4-3-5-9-14/h3-11,13H,12H2,1-2H3,(H,21,22). The van der Waals surface area contributed by atoms with Crippen molar-refractivity contribution in [3.8, 4) is 0 Å². The highest BCUT2D eigenvalue weighted by Crippen LogP contribution is 2.32. The Morgan fingerprint density at radius 3 is 2.38 bits per heavy atom. The Bertz CT molecular complexity index is 878. The van der Waals surface area contributed by atoms with Crippen molar-refractivity contribution in [3.63, 3.8) is 0 Å². The molecule has 1 amide bonds. The van der Waals surface area contributed by atoms with Crippen molar-refractivity contribution in [3.05, 3.63) is 65.9 Å². The van der Waals surface area contributed by atoms with Crippen molar-refractivity contribution in [2.75, 3.05) is 5.32 Å². The Hall–Kier alpha value is -2.88. The average Bonchev–Trinajstić information content (AvgIpc) is 2.93. The number of carbonyl (C=O) groups is 2. The van der Waals surface area contributed by atoms with Gasteiger partial charge in [-0.25, -0.2) is 0 Å². The van der Waals surface area contributed by atoms with E-state index in [-0.39, 0.29) is 23.4 Å². The second-order valence-electron chi connectivity index (χ2n) is 6.14. The average molecular weight is 321 g/mol. The fourth-order valence-electron chi connectivity index (χ4n) is 2.61. The summed E-state index contributed by atoms with van der Waals surface area (Å²) in [6.07, 6.45) is 0.387. The van der Waals surface area contributed by atoms with Crippen molar-refractivity contribution in [2.45, 2.75) is 20.3 Å². The summed E-state index contributed by atoms with van der Waals surface area (Å²) in [5, 5.41) is 3.59. The van der Waals surface area contributed by atoms with Crippen LogP contribution >= 0.6 is 0 Å². The lowest BCUT2D eigenvalue weighted by atomic mass is 10.1. The van der Waals surface area contributed by atoms with Gasteiger partial charge in [-0.15, -0.1) is 0 Å². The number of anilines is 1. The van der Waals surface area contributed by atoms with Crippen molar-refractivity contribution < 1.29 is 14.0 Å². The normalized spacial score (nSPS) is 11.0. The Morgan fingerprint density at radius 2 is 1.67 bits per heavy atom. The number of hydrogen-bond acceptors (Lipinski definition) is 3. The van der Waals surface area contributed by atoms with Crippen LogP contribution in [0.4, 0.5) is 5.69 Å². The van der Waals surface area contributed by atoms with E-state index >= 15 is 0 Å². The van der Waals surface area contributed by atoms with E-state index in [1.165, 1.54) is 0 Å². The monoisotopic (exact) mass is 321 g/mol. The van der Waals surface area contributed by atoms with Gasteiger partial charge < -0.3 is 9.73 Å². The summed E-state index contributed by atoms with van der Waals surface area (Å²) in [6, 6.07) is 16.2. The van der Waals surface area contributed by atoms with Gasteiger partial charge in [-0.05, 0) is 18.1 Å². The second-order valence-corrected chi connectivity index (χ2v) is 6.14. The predicted octanol–water partition coefficient (Wildman–Crippen LogP) is 4.65. The van der Waals surface area contributed by atoms with E-state index in [9.17, 15) is 9.59 Å². The Morgan fingerprint density at radius 1 is 1.00 bits per heavy atom. The van der Waals surface area contributed by atoms with Crippen molar-refractivity contribution in [1.82, 2.24) is 0 Å². The first kappa shape index (κ1) is 16.0. The molecule has 0 radical (unpaired) electrons. The topological polar surface area (TPSA) is 59.3 Å². The number of carbonyl (C=O) groups excluding carboxylic acids is 2. The minimum Gasteiger partial charge on any atom is -0.450 e. The first-order valence-electron chi connectivity index (χ1n) is 7.97. The SMILES string of the molecule is CC(C)CC(=O)Nc1c(C(=O)c2ccccc2)oc2ccccc12. The number of benzene rings is 2. The largest absolute Gasteiger partial charge is 0.450 e. The summed E-state index contributed by atoms with van der Waals surface area (Å²) in [7, 11) is 0. The molecule has 0 aliphatic carbocycles. The quantitative estimate of drug-likeness (QED) is 0.696. The smallest absolute Gasteiger partial charge is 0.230 e. The van der Waals surface area contributed by atoms with Crippen LogP contribution in [0.15, 0.2) is 59.0 Å². The molecule has 0 saturated heterocycles. The van der Waals surface area contributed by atoms with Gasteiger partial charge in [-0.2, -0.15) is 0 Å². The molecule has 0 saturated carbocycles. The Labute approximate surface area is 140 Å². The number of rotatable bonds is 5. The van der Waals surface area contributed by atoms with Crippen LogP contribution in [0, 0.1) is 5.92 Å². The van der Waals surface area contributed by atoms with E-state index in [2.05, 4.69) is 5.32 Å². The zero-order valence-corrected chi connectivity index (χ0v) is 13.7. The number of para-hydroxylation sites is 1. The van der Waals surface area contributed by atoms with Crippen LogP contribution in [-0.2, 0) is 4.79 Å². The number of nitrogens with one attached hydrogen (secondary N) is 1. The van der Waals surface area contributed by atoms with Gasteiger partial charge in [0.2, 0.25) is 11.7 Å². The van der Waals surface area contributed by atoms with Gasteiger partial charge in [0.25, 0.3) is 0 Å². The van der Waals surface area contributed by atoms with Crippen LogP contribution in [0.2, 0.25) is 0 Å². The van der Waals surface area contributed by atoms with Gasteiger partial charge in [-0.1, -0.05) is 56.3 Å². The number of fused-ring (bicyclic) bond motifs is 1. The third kappa shape index (κ3) is 3.23. The molecule has 2 aromatic carbocycles. The summed E-state index contributed by atoms with van der Waals surface area (Å²) in [4.78, 5) is 25.0. The minimum absolute atomic E-state index is 0.126. The first-order chi connectivity index (χ1) is 11.6. The highest BCUT2D eigenvalue weighted by atomic mass is 16.3. The van der Waals surface area contributed by atoms with Crippen molar-refractivity contribution >= 4 is 28.3 Å². The summed E-state index contributed by atoms with van der Waals surface area (Å²) < 4.78 is 5.76. The lowest BCUT2D eigenvalue weighted by Gasteiger charge is -2.07. The molecule has 4 nitrogen and oxygen atoms in total. The molecular weight excluding hydrogens is 302 g/mol. The molecule has 4 heteroatoms. The van der Waals surface area contributed by atoms with Crippen molar-refractivity contribution in [2.24, 2.45) is 5.92 Å². The van der Waals surface area contributed by atoms with E-state index in [0.29, 0.717) is 23.3 Å². The van der Waals surface area contributed by atoms with Crippen LogP contribution in [0.25, 0.3) is 11.0 Å². The maximum atomic E-state index is 12.8. The van der Waals surface area contributed by atoms with Gasteiger partial charge in [-0.3, -0.25) is 9.59 Å². The highest BCUT2D eigenvalue weighted by Gasteiger charge is 2.23. The second kappa shape index (κ2) is 6.71. The number of hydrogen-bond donors (Lipinski definition) is 1. The lowest BCUT2D eigenvalue weighted by Crippen LogP contribution is -2.15. The molecule has 0 aliphatic heterocycles. The van der Waals surface area contributed by atoms with E-state index in [0.717, 1.165) is 5.39 Å². The highest BCUT2D eigenvalue weighted by molar-refractivity contribution is 6.17. The Balaban J connectivity index is 2.05. The van der Waals surface area contributed by atoms with Crippen molar-refractivity contribution in [1.29, 1.82) is 0 Å². The molecule has 0 spiro atoms. The molecule has 1 aromatic heterocycles. The van der Waals surface area contributed by atoms with Crippen LogP contribution < -0.4 is 5.32 Å². The van der Waals surface area contributed by atoms with Crippen LogP contribution in [0.5, 0.6) is 0 Å². The molecule has 0 atom stereocenters. The third-order valence-electron chi connectivity index (χ3n) is 3.70. The van der Waals surface area contributed by atoms with Gasteiger partial charge >= 0.3 is 0 Å². The zero-order valence-electron chi connectivity index (χ0n) is 13.7. The fraction of sp³-hybridized carbons (Fsp3) is 0.200. The maximum Gasteiger partial charge on any atom is 0.230 e. The lowest BCUT2D eigenvalue weighted by molar-refractivity contribution is -0.116.